The van der Waals surface area contributed by atoms with E-state index in [9.17, 15) is 4.79 Å². The number of hydrogen-bond acceptors (Lipinski definition) is 2. The van der Waals surface area contributed by atoms with Crippen LogP contribution in [0.3, 0.4) is 0 Å². The van der Waals surface area contributed by atoms with Gasteiger partial charge in [-0.15, -0.1) is 13.0 Å². The third-order valence-corrected chi connectivity index (χ3v) is 2.88. The number of carbonyl (C=O) groups excluding carboxylic acids is 1. The van der Waals surface area contributed by atoms with Gasteiger partial charge in [0.05, 0.1) is 6.04 Å². The molecule has 18 heavy (non-hydrogen) atoms. The normalized spacial score (nSPS) is 23.6. The standard InChI is InChI=1S/C15H23NO2/c1-7-12-8-9-13(10-11(2)3)16(12)14(17)18-15(4,5)6/h1,12-13H,2,8-10H2,3-6H3/t12-,13-/m0/s1. The van der Waals surface area contributed by atoms with Gasteiger partial charge in [-0.1, -0.05) is 11.5 Å². The molecule has 1 saturated heterocycles. The molecule has 0 aliphatic carbocycles. The highest BCUT2D eigenvalue weighted by atomic mass is 16.6. The third kappa shape index (κ3) is 3.80. The zero-order chi connectivity index (χ0) is 13.9. The fraction of sp³-hybridized carbons (Fsp3) is 0.667. The van der Waals surface area contributed by atoms with Crippen molar-refractivity contribution in [2.24, 2.45) is 0 Å². The molecule has 1 aliphatic heterocycles. The van der Waals surface area contributed by atoms with Crippen molar-refractivity contribution < 1.29 is 9.53 Å². The van der Waals surface area contributed by atoms with Crippen LogP contribution in [-0.2, 0) is 4.74 Å². The molecule has 0 radical (unpaired) electrons. The maximum absolute atomic E-state index is 12.2. The average molecular weight is 249 g/mol. The van der Waals surface area contributed by atoms with E-state index in [-0.39, 0.29) is 18.2 Å². The molecule has 0 bridgehead atoms. The van der Waals surface area contributed by atoms with E-state index in [0.717, 1.165) is 24.8 Å². The zero-order valence-corrected chi connectivity index (χ0v) is 11.8. The molecule has 0 N–H and O–H groups in total. The lowest BCUT2D eigenvalue weighted by Crippen LogP contribution is -2.43. The van der Waals surface area contributed by atoms with Gasteiger partial charge in [0.1, 0.15) is 5.60 Å². The highest BCUT2D eigenvalue weighted by molar-refractivity contribution is 5.70. The highest BCUT2D eigenvalue weighted by Gasteiger charge is 2.38. The number of carbonyl (C=O) groups is 1. The second-order valence-electron chi connectivity index (χ2n) is 5.96. The molecular formula is C15H23NO2. The molecule has 0 spiro atoms. The lowest BCUT2D eigenvalue weighted by Gasteiger charge is -2.31. The van der Waals surface area contributed by atoms with E-state index in [1.165, 1.54) is 0 Å². The van der Waals surface area contributed by atoms with Gasteiger partial charge in [0.2, 0.25) is 0 Å². The largest absolute Gasteiger partial charge is 0.444 e. The molecule has 0 saturated carbocycles. The highest BCUT2D eigenvalue weighted by Crippen LogP contribution is 2.29. The smallest absolute Gasteiger partial charge is 0.411 e. The van der Waals surface area contributed by atoms with Crippen molar-refractivity contribution in [2.75, 3.05) is 0 Å². The number of rotatable bonds is 2. The summed E-state index contributed by atoms with van der Waals surface area (Å²) >= 11 is 0. The van der Waals surface area contributed by atoms with Gasteiger partial charge < -0.3 is 4.74 Å². The number of hydrogen-bond donors (Lipinski definition) is 0. The molecule has 0 unspecified atom stereocenters. The Morgan fingerprint density at radius 1 is 1.50 bits per heavy atom. The number of ether oxygens (including phenoxy) is 1. The first-order valence-corrected chi connectivity index (χ1v) is 6.36. The molecular weight excluding hydrogens is 226 g/mol. The van der Waals surface area contributed by atoms with Crippen LogP contribution in [0.4, 0.5) is 4.79 Å². The summed E-state index contributed by atoms with van der Waals surface area (Å²) < 4.78 is 5.43. The Kier molecular flexibility index (Phi) is 4.45. The first-order valence-electron chi connectivity index (χ1n) is 6.36. The van der Waals surface area contributed by atoms with E-state index in [2.05, 4.69) is 12.5 Å². The van der Waals surface area contributed by atoms with Crippen molar-refractivity contribution in [1.29, 1.82) is 0 Å². The molecule has 1 heterocycles. The zero-order valence-electron chi connectivity index (χ0n) is 11.8. The topological polar surface area (TPSA) is 29.5 Å². The fourth-order valence-corrected chi connectivity index (χ4v) is 2.24. The van der Waals surface area contributed by atoms with Crippen LogP contribution in [0.1, 0.15) is 47.0 Å². The van der Waals surface area contributed by atoms with Crippen LogP contribution in [0, 0.1) is 12.3 Å². The van der Waals surface area contributed by atoms with Crippen LogP contribution in [0.5, 0.6) is 0 Å². The van der Waals surface area contributed by atoms with Gasteiger partial charge in [0.25, 0.3) is 0 Å². The van der Waals surface area contributed by atoms with Crippen molar-refractivity contribution in [1.82, 2.24) is 4.90 Å². The molecule has 100 valence electrons. The van der Waals surface area contributed by atoms with Crippen LogP contribution < -0.4 is 0 Å². The van der Waals surface area contributed by atoms with Gasteiger partial charge in [-0.25, -0.2) is 4.79 Å². The number of likely N-dealkylation sites (tertiary alicyclic amines) is 1. The van der Waals surface area contributed by atoms with Crippen molar-refractivity contribution in [3.8, 4) is 12.3 Å². The van der Waals surface area contributed by atoms with Gasteiger partial charge in [-0.2, -0.15) is 0 Å². The minimum atomic E-state index is -0.493. The second-order valence-corrected chi connectivity index (χ2v) is 5.96. The maximum Gasteiger partial charge on any atom is 0.411 e. The number of nitrogens with zero attached hydrogens (tertiary/aromatic N) is 1. The Hall–Kier alpha value is -1.43. The van der Waals surface area contributed by atoms with Crippen LogP contribution >= 0.6 is 0 Å². The third-order valence-electron chi connectivity index (χ3n) is 2.88. The quantitative estimate of drug-likeness (QED) is 0.555. The SMILES string of the molecule is C#C[C@H]1CC[C@@H](CC(=C)C)N1C(=O)OC(C)(C)C. The summed E-state index contributed by atoms with van der Waals surface area (Å²) in [4.78, 5) is 13.9. The predicted molar refractivity (Wildman–Crippen MR) is 73.1 cm³/mol. The maximum atomic E-state index is 12.2. The number of amides is 1. The van der Waals surface area contributed by atoms with E-state index in [0.29, 0.717) is 0 Å². The summed E-state index contributed by atoms with van der Waals surface area (Å²) in [6, 6.07) is -0.0254. The summed E-state index contributed by atoms with van der Waals surface area (Å²) in [6.45, 7) is 11.5. The number of terminal acetylenes is 1. The fourth-order valence-electron chi connectivity index (χ4n) is 2.24. The molecule has 3 nitrogen and oxygen atoms in total. The van der Waals surface area contributed by atoms with Crippen molar-refractivity contribution >= 4 is 6.09 Å². The first kappa shape index (κ1) is 14.6. The molecule has 1 amide bonds. The Bertz CT molecular complexity index is 373. The van der Waals surface area contributed by atoms with Crippen molar-refractivity contribution in [2.45, 2.75) is 64.6 Å². The Morgan fingerprint density at radius 3 is 2.56 bits per heavy atom. The summed E-state index contributed by atoms with van der Waals surface area (Å²) in [5.41, 5.74) is 0.568. The monoisotopic (exact) mass is 249 g/mol. The first-order chi connectivity index (χ1) is 8.24. The van der Waals surface area contributed by atoms with Crippen molar-refractivity contribution in [3.05, 3.63) is 12.2 Å². The van der Waals surface area contributed by atoms with E-state index in [1.807, 2.05) is 27.7 Å². The van der Waals surface area contributed by atoms with E-state index in [4.69, 9.17) is 11.2 Å². The van der Waals surface area contributed by atoms with Gasteiger partial charge in [-0.05, 0) is 47.0 Å². The lowest BCUT2D eigenvalue weighted by atomic mass is 10.1. The Labute approximate surface area is 110 Å². The summed E-state index contributed by atoms with van der Waals surface area (Å²) in [5, 5.41) is 0. The van der Waals surface area contributed by atoms with Crippen LogP contribution in [0.2, 0.25) is 0 Å². The van der Waals surface area contributed by atoms with E-state index >= 15 is 0 Å². The van der Waals surface area contributed by atoms with Gasteiger partial charge in [-0.3, -0.25) is 4.90 Å². The summed E-state index contributed by atoms with van der Waals surface area (Å²) in [6.07, 6.45) is 7.73. The molecule has 3 heteroatoms. The minimum Gasteiger partial charge on any atom is -0.444 e. The van der Waals surface area contributed by atoms with Gasteiger partial charge in [0.15, 0.2) is 0 Å². The minimum absolute atomic E-state index is 0.124. The van der Waals surface area contributed by atoms with E-state index < -0.39 is 5.60 Å². The average Bonchev–Trinajstić information content (AvgIpc) is 2.57. The molecule has 2 atom stereocenters. The van der Waals surface area contributed by atoms with Crippen molar-refractivity contribution in [3.63, 3.8) is 0 Å². The molecule has 0 aromatic carbocycles. The Morgan fingerprint density at radius 2 is 2.11 bits per heavy atom. The summed E-state index contributed by atoms with van der Waals surface area (Å²) in [5.74, 6) is 2.68. The van der Waals surface area contributed by atoms with Crippen LogP contribution in [-0.4, -0.2) is 28.7 Å². The molecule has 1 rings (SSSR count). The van der Waals surface area contributed by atoms with E-state index in [1.54, 1.807) is 4.90 Å². The van der Waals surface area contributed by atoms with Crippen LogP contribution in [0.25, 0.3) is 0 Å². The molecule has 1 fully saturated rings. The molecule has 0 aromatic heterocycles. The lowest BCUT2D eigenvalue weighted by molar-refractivity contribution is 0.0187. The summed E-state index contributed by atoms with van der Waals surface area (Å²) in [7, 11) is 0. The molecule has 0 aromatic rings. The van der Waals surface area contributed by atoms with Gasteiger partial charge >= 0.3 is 6.09 Å². The molecule has 1 aliphatic rings. The van der Waals surface area contributed by atoms with Crippen LogP contribution in [0.15, 0.2) is 12.2 Å². The van der Waals surface area contributed by atoms with Gasteiger partial charge in [0, 0.05) is 6.04 Å². The predicted octanol–water partition coefficient (Wildman–Crippen LogP) is 3.35. The Balaban J connectivity index is 2.81. The second kappa shape index (κ2) is 5.48.